The normalized spacial score (nSPS) is 11.8. The molecule has 4 nitrogen and oxygen atoms in total. The third-order valence-electron chi connectivity index (χ3n) is 10.6. The molecule has 6 heteroatoms. The van der Waals surface area contributed by atoms with Gasteiger partial charge in [-0.2, -0.15) is 0 Å². The van der Waals surface area contributed by atoms with Crippen molar-refractivity contribution >= 4 is 99.5 Å². The number of furan rings is 2. The maximum atomic E-state index is 14.5. The van der Waals surface area contributed by atoms with Crippen LogP contribution in [0.4, 0.5) is 42.9 Å². The Balaban J connectivity index is 1.04. The summed E-state index contributed by atoms with van der Waals surface area (Å²) in [6.07, 6.45) is 0. The minimum atomic E-state index is -0.293. The molecule has 0 spiro atoms. The highest BCUT2D eigenvalue weighted by Crippen LogP contribution is 2.44. The summed E-state index contributed by atoms with van der Waals surface area (Å²) >= 11 is 0. The first-order valence-electron chi connectivity index (χ1n) is 18.4. The highest BCUT2D eigenvalue weighted by molar-refractivity contribution is 6.24. The fourth-order valence-corrected chi connectivity index (χ4v) is 8.11. The van der Waals surface area contributed by atoms with E-state index in [1.807, 2.05) is 78.9 Å². The first-order chi connectivity index (χ1) is 27.5. The van der Waals surface area contributed by atoms with E-state index < -0.39 is 0 Å². The summed E-state index contributed by atoms with van der Waals surface area (Å²) in [6.45, 7) is 0. The van der Waals surface area contributed by atoms with Crippen LogP contribution in [-0.2, 0) is 0 Å². The zero-order valence-electron chi connectivity index (χ0n) is 29.8. The van der Waals surface area contributed by atoms with Gasteiger partial charge in [-0.3, -0.25) is 0 Å². The Hall–Kier alpha value is -7.44. The number of rotatable bonds is 6. The molecule has 0 N–H and O–H groups in total. The molecule has 0 bridgehead atoms. The van der Waals surface area contributed by atoms with Gasteiger partial charge in [0.2, 0.25) is 0 Å². The maximum Gasteiger partial charge on any atom is 0.147 e. The first-order valence-corrected chi connectivity index (χ1v) is 18.4. The highest BCUT2D eigenvalue weighted by atomic mass is 19.1. The van der Waals surface area contributed by atoms with E-state index in [1.54, 1.807) is 24.3 Å². The lowest BCUT2D eigenvalue weighted by atomic mass is 10.0. The standard InChI is InChI=1S/C50H30F2N2O2/c51-35-9-7-15-39(29-35)53(37-11-3-1-4-12-37)41-19-17-31-25-44-43-21-22-46-49(50(43)56-47(44)27-33(31)23-41)45-26-32-18-20-42(24-34(32)28-48(45)55-46)54(38-13-5-2-6-14-38)40-16-8-10-36(52)30-40/h1-30H. The van der Waals surface area contributed by atoms with Crippen molar-refractivity contribution in [3.63, 3.8) is 0 Å². The predicted octanol–water partition coefficient (Wildman–Crippen LogP) is 15.0. The number of halogens is 2. The molecule has 0 radical (unpaired) electrons. The summed E-state index contributed by atoms with van der Waals surface area (Å²) < 4.78 is 42.2. The molecule has 0 atom stereocenters. The first kappa shape index (κ1) is 32.0. The van der Waals surface area contributed by atoms with Gasteiger partial charge in [0.25, 0.3) is 0 Å². The molecule has 56 heavy (non-hydrogen) atoms. The molecule has 0 aliphatic carbocycles. The lowest BCUT2D eigenvalue weighted by Crippen LogP contribution is -2.09. The number of anilines is 6. The van der Waals surface area contributed by atoms with Crippen LogP contribution in [0.25, 0.3) is 65.4 Å². The smallest absolute Gasteiger partial charge is 0.147 e. The van der Waals surface area contributed by atoms with Gasteiger partial charge in [0.1, 0.15) is 34.0 Å². The van der Waals surface area contributed by atoms with Crippen LogP contribution >= 0.6 is 0 Å². The molecule has 0 aliphatic rings. The van der Waals surface area contributed by atoms with Crippen LogP contribution in [0.2, 0.25) is 0 Å². The molecule has 0 aliphatic heterocycles. The van der Waals surface area contributed by atoms with E-state index >= 15 is 0 Å². The topological polar surface area (TPSA) is 32.8 Å². The van der Waals surface area contributed by atoms with Gasteiger partial charge in [-0.25, -0.2) is 8.78 Å². The molecule has 9 aromatic carbocycles. The van der Waals surface area contributed by atoms with E-state index in [0.717, 1.165) is 99.5 Å². The monoisotopic (exact) mass is 728 g/mol. The summed E-state index contributed by atoms with van der Waals surface area (Å²) in [6, 6.07) is 58.4. The number of fused-ring (bicyclic) bond motifs is 9. The Labute approximate surface area is 319 Å². The summed E-state index contributed by atoms with van der Waals surface area (Å²) in [5, 5.41) is 8.04. The van der Waals surface area contributed by atoms with Crippen LogP contribution in [0.15, 0.2) is 191 Å². The molecule has 0 saturated heterocycles. The Kier molecular flexibility index (Phi) is 7.19. The third-order valence-corrected chi connectivity index (χ3v) is 10.6. The number of benzene rings is 9. The van der Waals surface area contributed by atoms with E-state index in [2.05, 4.69) is 76.5 Å². The summed E-state index contributed by atoms with van der Waals surface area (Å²) in [5.41, 5.74) is 8.18. The van der Waals surface area contributed by atoms with E-state index in [1.165, 1.54) is 12.1 Å². The average Bonchev–Trinajstić information content (AvgIpc) is 3.77. The maximum absolute atomic E-state index is 14.5. The summed E-state index contributed by atoms with van der Waals surface area (Å²) in [4.78, 5) is 4.11. The average molecular weight is 729 g/mol. The van der Waals surface area contributed by atoms with Crippen LogP contribution in [0, 0.1) is 11.6 Å². The fraction of sp³-hybridized carbons (Fsp3) is 0. The largest absolute Gasteiger partial charge is 0.456 e. The predicted molar refractivity (Wildman–Crippen MR) is 225 cm³/mol. The van der Waals surface area contributed by atoms with Gasteiger partial charge in [0, 0.05) is 50.3 Å². The zero-order chi connectivity index (χ0) is 37.3. The van der Waals surface area contributed by atoms with Crippen LogP contribution in [-0.4, -0.2) is 0 Å². The van der Waals surface area contributed by atoms with Crippen molar-refractivity contribution < 1.29 is 17.6 Å². The van der Waals surface area contributed by atoms with Gasteiger partial charge in [0.15, 0.2) is 0 Å². The third kappa shape index (κ3) is 5.26. The van der Waals surface area contributed by atoms with Crippen molar-refractivity contribution in [1.82, 2.24) is 0 Å². The number of hydrogen-bond donors (Lipinski definition) is 0. The minimum absolute atomic E-state index is 0.292. The number of nitrogens with zero attached hydrogens (tertiary/aromatic N) is 2. The van der Waals surface area contributed by atoms with Crippen LogP contribution in [0.5, 0.6) is 0 Å². The van der Waals surface area contributed by atoms with Crippen LogP contribution in [0.1, 0.15) is 0 Å². The number of para-hydroxylation sites is 2. The molecule has 266 valence electrons. The lowest BCUT2D eigenvalue weighted by Gasteiger charge is -2.25. The molecule has 11 rings (SSSR count). The van der Waals surface area contributed by atoms with E-state index in [9.17, 15) is 8.78 Å². The molecule has 0 amide bonds. The second-order valence-electron chi connectivity index (χ2n) is 14.1. The Bertz CT molecular complexity index is 3300. The van der Waals surface area contributed by atoms with Gasteiger partial charge in [-0.15, -0.1) is 0 Å². The Morgan fingerprint density at radius 3 is 1.38 bits per heavy atom. The van der Waals surface area contributed by atoms with Crippen molar-refractivity contribution in [3.05, 3.63) is 194 Å². The lowest BCUT2D eigenvalue weighted by molar-refractivity contribution is 0.627. The summed E-state index contributed by atoms with van der Waals surface area (Å²) in [5.74, 6) is -0.585. The van der Waals surface area contributed by atoms with Gasteiger partial charge < -0.3 is 18.6 Å². The van der Waals surface area contributed by atoms with Crippen molar-refractivity contribution in [3.8, 4) is 0 Å². The quantitative estimate of drug-likeness (QED) is 0.171. The van der Waals surface area contributed by atoms with Crippen molar-refractivity contribution in [1.29, 1.82) is 0 Å². The van der Waals surface area contributed by atoms with Crippen LogP contribution in [0.3, 0.4) is 0 Å². The van der Waals surface area contributed by atoms with Gasteiger partial charge in [0.05, 0.1) is 5.39 Å². The molecule has 2 aromatic heterocycles. The fourth-order valence-electron chi connectivity index (χ4n) is 8.11. The second-order valence-corrected chi connectivity index (χ2v) is 14.1. The second kappa shape index (κ2) is 12.6. The molecule has 0 saturated carbocycles. The molecular weight excluding hydrogens is 699 g/mol. The molecule has 2 heterocycles. The van der Waals surface area contributed by atoms with Gasteiger partial charge >= 0.3 is 0 Å². The zero-order valence-corrected chi connectivity index (χ0v) is 29.8. The van der Waals surface area contributed by atoms with Crippen molar-refractivity contribution in [2.75, 3.05) is 9.80 Å². The van der Waals surface area contributed by atoms with E-state index in [4.69, 9.17) is 8.83 Å². The molecule has 0 fully saturated rings. The van der Waals surface area contributed by atoms with E-state index in [-0.39, 0.29) is 11.6 Å². The molecule has 11 aromatic rings. The Morgan fingerprint density at radius 2 is 0.821 bits per heavy atom. The number of hydrogen-bond acceptors (Lipinski definition) is 4. The molecule has 0 unspecified atom stereocenters. The van der Waals surface area contributed by atoms with Gasteiger partial charge in [-0.05, 0) is 143 Å². The SMILES string of the molecule is Fc1cccc(N(c2ccccc2)c2ccc3cc4c(cc3c2)oc2c4ccc3oc4cc5cc(N(c6ccccc6)c6cccc(F)c6)ccc5cc4c32)c1. The summed E-state index contributed by atoms with van der Waals surface area (Å²) in [7, 11) is 0. The van der Waals surface area contributed by atoms with Gasteiger partial charge in [-0.1, -0.05) is 60.7 Å². The molecular formula is C50H30F2N2O2. The van der Waals surface area contributed by atoms with Crippen molar-refractivity contribution in [2.45, 2.75) is 0 Å². The Morgan fingerprint density at radius 1 is 0.321 bits per heavy atom. The minimum Gasteiger partial charge on any atom is -0.456 e. The van der Waals surface area contributed by atoms with E-state index in [0.29, 0.717) is 0 Å². The highest BCUT2D eigenvalue weighted by Gasteiger charge is 2.20. The van der Waals surface area contributed by atoms with Crippen LogP contribution < -0.4 is 9.80 Å². The van der Waals surface area contributed by atoms with Crippen molar-refractivity contribution in [2.24, 2.45) is 0 Å².